The van der Waals surface area contributed by atoms with Crippen molar-refractivity contribution in [1.29, 1.82) is 0 Å². The Morgan fingerprint density at radius 3 is 2.42 bits per heavy atom. The zero-order valence-corrected chi connectivity index (χ0v) is 6.45. The number of fused-ring (bicyclic) bond motifs is 1. The normalized spacial score (nSPS) is 10.1. The quantitative estimate of drug-likeness (QED) is 0.586. The van der Waals surface area contributed by atoms with Crippen LogP contribution in [-0.2, 0) is 0 Å². The molecule has 0 unspecified atom stereocenters. The van der Waals surface area contributed by atoms with E-state index in [1.165, 1.54) is 5.39 Å². The van der Waals surface area contributed by atoms with Crippen LogP contribution in [0.1, 0.15) is 0 Å². The maximum absolute atomic E-state index is 6.72. The summed E-state index contributed by atoms with van der Waals surface area (Å²) in [6.07, 6.45) is 0. The molecule has 0 aliphatic rings. The van der Waals surface area contributed by atoms with Gasteiger partial charge in [-0.05, 0) is 22.9 Å². The Morgan fingerprint density at radius 1 is 0.917 bits per heavy atom. The second-order valence-corrected chi connectivity index (χ2v) is 2.61. The zero-order valence-electron chi connectivity index (χ0n) is 6.45. The first-order valence-corrected chi connectivity index (χ1v) is 3.72. The Bertz CT molecular complexity index is 398. The fraction of sp³-hybridized carbons (Fsp3) is 0. The van der Waals surface area contributed by atoms with Crippen molar-refractivity contribution < 1.29 is 4.84 Å². The maximum Gasteiger partial charge on any atom is 0.149 e. The highest BCUT2D eigenvalue weighted by atomic mass is 16.6. The van der Waals surface area contributed by atoms with Gasteiger partial charge < -0.3 is 4.84 Å². The molecule has 0 saturated carbocycles. The van der Waals surface area contributed by atoms with Crippen molar-refractivity contribution in [2.45, 2.75) is 0 Å². The Labute approximate surface area is 70.5 Å². The molecule has 0 atom stereocenters. The van der Waals surface area contributed by atoms with Crippen LogP contribution in [0.4, 0.5) is 0 Å². The highest BCUT2D eigenvalue weighted by Crippen LogP contribution is 2.19. The zero-order chi connectivity index (χ0) is 8.39. The van der Waals surface area contributed by atoms with Crippen molar-refractivity contribution in [2.75, 3.05) is 0 Å². The Balaban J connectivity index is 2.67. The van der Waals surface area contributed by atoms with Gasteiger partial charge in [0.2, 0.25) is 0 Å². The third kappa shape index (κ3) is 1.12. The number of hydrogen-bond acceptors (Lipinski definition) is 1. The molecule has 0 aliphatic carbocycles. The van der Waals surface area contributed by atoms with Crippen molar-refractivity contribution in [3.05, 3.63) is 42.5 Å². The van der Waals surface area contributed by atoms with Crippen molar-refractivity contribution in [3.63, 3.8) is 0 Å². The average Bonchev–Trinajstić information content (AvgIpc) is 2.17. The van der Waals surface area contributed by atoms with Gasteiger partial charge in [0.05, 0.1) is 0 Å². The summed E-state index contributed by atoms with van der Waals surface area (Å²) < 4.78 is 0. The van der Waals surface area contributed by atoms with E-state index in [9.17, 15) is 0 Å². The van der Waals surface area contributed by atoms with E-state index in [1.807, 2.05) is 36.4 Å². The second-order valence-electron chi connectivity index (χ2n) is 2.61. The topological polar surface area (TPSA) is 33.0 Å². The summed E-state index contributed by atoms with van der Waals surface area (Å²) >= 11 is 0. The van der Waals surface area contributed by atoms with Gasteiger partial charge >= 0.3 is 0 Å². The van der Waals surface area contributed by atoms with E-state index in [4.69, 9.17) is 5.90 Å². The van der Waals surface area contributed by atoms with Crippen LogP contribution in [-0.4, -0.2) is 0 Å². The van der Waals surface area contributed by atoms with Crippen LogP contribution in [0.15, 0.2) is 42.5 Å². The summed E-state index contributed by atoms with van der Waals surface area (Å²) in [5.74, 6) is 7.30. The molecular formula is C10H8NO. The second kappa shape index (κ2) is 2.83. The Morgan fingerprint density at radius 2 is 1.67 bits per heavy atom. The molecule has 2 nitrogen and oxygen atoms in total. The molecular weight excluding hydrogens is 150 g/mol. The molecule has 1 radical (unpaired) electrons. The smallest absolute Gasteiger partial charge is 0.149 e. The molecule has 0 aromatic heterocycles. The molecule has 1 N–H and O–H groups in total. The van der Waals surface area contributed by atoms with Gasteiger partial charge in [-0.15, -0.1) is 0 Å². The predicted molar refractivity (Wildman–Crippen MR) is 47.7 cm³/mol. The van der Waals surface area contributed by atoms with Gasteiger partial charge in [0.25, 0.3) is 0 Å². The Kier molecular flexibility index (Phi) is 1.68. The third-order valence-electron chi connectivity index (χ3n) is 1.84. The van der Waals surface area contributed by atoms with Gasteiger partial charge in [0.15, 0.2) is 0 Å². The molecule has 0 heterocycles. The largest absolute Gasteiger partial charge is 0.391 e. The molecule has 2 rings (SSSR count). The molecule has 2 aromatic carbocycles. The molecule has 59 valence electrons. The highest BCUT2D eigenvalue weighted by Gasteiger charge is 1.94. The molecule has 2 aromatic rings. The molecule has 12 heavy (non-hydrogen) atoms. The Hall–Kier alpha value is -1.54. The van der Waals surface area contributed by atoms with Crippen LogP contribution in [0, 0.1) is 0 Å². The van der Waals surface area contributed by atoms with E-state index in [-0.39, 0.29) is 0 Å². The molecule has 2 heteroatoms. The lowest BCUT2D eigenvalue weighted by Crippen LogP contribution is -1.85. The lowest BCUT2D eigenvalue weighted by molar-refractivity contribution is 0.309. The van der Waals surface area contributed by atoms with Crippen LogP contribution >= 0.6 is 0 Å². The van der Waals surface area contributed by atoms with E-state index < -0.39 is 0 Å². The van der Waals surface area contributed by atoms with Crippen molar-refractivity contribution in [2.24, 2.45) is 0 Å². The monoisotopic (exact) mass is 158 g/mol. The van der Waals surface area contributed by atoms with Gasteiger partial charge in [-0.1, -0.05) is 36.2 Å². The van der Waals surface area contributed by atoms with Crippen LogP contribution in [0.2, 0.25) is 0 Å². The third-order valence-corrected chi connectivity index (χ3v) is 1.84. The lowest BCUT2D eigenvalue weighted by atomic mass is 10.1. The van der Waals surface area contributed by atoms with Gasteiger partial charge in [-0.25, -0.2) is 0 Å². The van der Waals surface area contributed by atoms with Crippen molar-refractivity contribution in [3.8, 4) is 5.75 Å². The minimum absolute atomic E-state index is 0.578. The van der Waals surface area contributed by atoms with Gasteiger partial charge in [0, 0.05) is 0 Å². The molecule has 0 fully saturated rings. The van der Waals surface area contributed by atoms with Crippen LogP contribution < -0.4 is 10.7 Å². The molecule has 0 saturated heterocycles. The van der Waals surface area contributed by atoms with E-state index in [0.29, 0.717) is 5.75 Å². The minimum Gasteiger partial charge on any atom is -0.391 e. The number of benzene rings is 2. The average molecular weight is 158 g/mol. The first-order valence-electron chi connectivity index (χ1n) is 3.72. The van der Waals surface area contributed by atoms with E-state index >= 15 is 0 Å². The van der Waals surface area contributed by atoms with Crippen molar-refractivity contribution >= 4 is 10.8 Å². The fourth-order valence-corrected chi connectivity index (χ4v) is 1.23. The maximum atomic E-state index is 6.72. The first-order chi connectivity index (χ1) is 5.90. The van der Waals surface area contributed by atoms with Gasteiger partial charge in [-0.3, -0.25) is 0 Å². The van der Waals surface area contributed by atoms with Crippen LogP contribution in [0.5, 0.6) is 5.75 Å². The van der Waals surface area contributed by atoms with Gasteiger partial charge in [0.1, 0.15) is 5.75 Å². The highest BCUT2D eigenvalue weighted by molar-refractivity contribution is 5.83. The van der Waals surface area contributed by atoms with E-state index in [0.717, 1.165) is 5.39 Å². The molecule has 0 amide bonds. The van der Waals surface area contributed by atoms with E-state index in [1.54, 1.807) is 6.07 Å². The van der Waals surface area contributed by atoms with Crippen LogP contribution in [0.3, 0.4) is 0 Å². The summed E-state index contributed by atoms with van der Waals surface area (Å²) in [5.41, 5.74) is 0. The summed E-state index contributed by atoms with van der Waals surface area (Å²) in [4.78, 5) is 4.37. The standard InChI is InChI=1S/C10H8NO/c11-12-10-6-5-8-3-1-2-4-9(8)7-10/h1-7,11H. The number of rotatable bonds is 1. The van der Waals surface area contributed by atoms with Gasteiger partial charge in [-0.2, -0.15) is 0 Å². The number of nitrogens with one attached hydrogen (secondary N) is 1. The lowest BCUT2D eigenvalue weighted by Gasteiger charge is -1.99. The summed E-state index contributed by atoms with van der Waals surface area (Å²) in [7, 11) is 0. The SMILES string of the molecule is [NH]Oc1ccc2ccccc2c1. The fourth-order valence-electron chi connectivity index (χ4n) is 1.23. The molecule has 0 bridgehead atoms. The minimum atomic E-state index is 0.578. The summed E-state index contributed by atoms with van der Waals surface area (Å²) in [6, 6.07) is 13.6. The van der Waals surface area contributed by atoms with E-state index in [2.05, 4.69) is 4.84 Å². The summed E-state index contributed by atoms with van der Waals surface area (Å²) in [5, 5.41) is 2.26. The van der Waals surface area contributed by atoms with Crippen molar-refractivity contribution in [1.82, 2.24) is 5.90 Å². The molecule has 0 aliphatic heterocycles. The first kappa shape index (κ1) is 7.13. The molecule has 0 spiro atoms. The van der Waals surface area contributed by atoms with Crippen LogP contribution in [0.25, 0.3) is 10.8 Å². The number of hydrogen-bond donors (Lipinski definition) is 0. The summed E-state index contributed by atoms with van der Waals surface area (Å²) in [6.45, 7) is 0. The predicted octanol–water partition coefficient (Wildman–Crippen LogP) is 2.42.